The monoisotopic (exact) mass is 304 g/mol. The number of ether oxygens (including phenoxy) is 1. The normalized spacial score (nSPS) is 33.2. The first-order chi connectivity index (χ1) is 10.4. The third-order valence-corrected chi connectivity index (χ3v) is 5.03. The first-order valence-electron chi connectivity index (χ1n) is 8.70. The molecule has 0 bridgehead atoms. The molecule has 2 heteroatoms. The van der Waals surface area contributed by atoms with Crippen molar-refractivity contribution in [3.05, 3.63) is 34.9 Å². The zero-order valence-electron chi connectivity index (χ0n) is 14.7. The molecule has 2 nitrogen and oxygen atoms in total. The third-order valence-electron chi connectivity index (χ3n) is 5.03. The van der Waals surface area contributed by atoms with Crippen LogP contribution < -0.4 is 0 Å². The Morgan fingerprint density at radius 2 is 1.77 bits per heavy atom. The van der Waals surface area contributed by atoms with Crippen molar-refractivity contribution in [2.75, 3.05) is 6.61 Å². The van der Waals surface area contributed by atoms with Crippen molar-refractivity contribution in [2.24, 2.45) is 5.92 Å². The number of rotatable bonds is 2. The number of hydrogen-bond donors (Lipinski definition) is 1. The topological polar surface area (TPSA) is 29.5 Å². The third kappa shape index (κ3) is 5.10. The van der Waals surface area contributed by atoms with E-state index in [2.05, 4.69) is 32.1 Å². The highest BCUT2D eigenvalue weighted by molar-refractivity contribution is 5.16. The van der Waals surface area contributed by atoms with Gasteiger partial charge < -0.3 is 9.84 Å². The van der Waals surface area contributed by atoms with Crippen molar-refractivity contribution in [2.45, 2.75) is 77.9 Å². The van der Waals surface area contributed by atoms with Crippen LogP contribution in [0.1, 0.15) is 66.2 Å². The van der Waals surface area contributed by atoms with Crippen molar-refractivity contribution in [3.8, 4) is 0 Å². The molecule has 0 fully saturated rings. The van der Waals surface area contributed by atoms with Crippen LogP contribution in [0.4, 0.5) is 0 Å². The van der Waals surface area contributed by atoms with E-state index in [0.29, 0.717) is 12.5 Å². The van der Waals surface area contributed by atoms with Crippen molar-refractivity contribution in [3.63, 3.8) is 0 Å². The van der Waals surface area contributed by atoms with E-state index in [-0.39, 0.29) is 6.10 Å². The van der Waals surface area contributed by atoms with E-state index in [1.807, 2.05) is 13.8 Å². The molecule has 0 unspecified atom stereocenters. The summed E-state index contributed by atoms with van der Waals surface area (Å²) in [6.07, 6.45) is 13.8. The Morgan fingerprint density at radius 3 is 2.41 bits per heavy atom. The summed E-state index contributed by atoms with van der Waals surface area (Å²) in [6, 6.07) is 0. The maximum atomic E-state index is 10.1. The molecule has 0 aromatic heterocycles. The van der Waals surface area contributed by atoms with Crippen LogP contribution in [0.5, 0.6) is 0 Å². The maximum Gasteiger partial charge on any atom is 0.0895 e. The summed E-state index contributed by atoms with van der Waals surface area (Å²) in [5.74, 6) is 0.583. The van der Waals surface area contributed by atoms with Crippen LogP contribution in [0.25, 0.3) is 0 Å². The molecular formula is C20H32O2. The lowest BCUT2D eigenvalue weighted by Crippen LogP contribution is -2.40. The van der Waals surface area contributed by atoms with Crippen LogP contribution in [-0.4, -0.2) is 23.4 Å². The van der Waals surface area contributed by atoms with Gasteiger partial charge in [0, 0.05) is 0 Å². The van der Waals surface area contributed by atoms with Gasteiger partial charge in [0.1, 0.15) is 0 Å². The number of allylic oxidation sites excluding steroid dienone is 4. The fourth-order valence-electron chi connectivity index (χ4n) is 3.31. The molecule has 0 amide bonds. The van der Waals surface area contributed by atoms with Crippen LogP contribution in [0.3, 0.4) is 0 Å². The minimum atomic E-state index is -0.756. The van der Waals surface area contributed by atoms with Crippen molar-refractivity contribution in [1.29, 1.82) is 0 Å². The van der Waals surface area contributed by atoms with E-state index in [9.17, 15) is 5.11 Å². The van der Waals surface area contributed by atoms with Gasteiger partial charge in [0.25, 0.3) is 0 Å². The predicted octanol–water partition coefficient (Wildman–Crippen LogP) is 4.95. The van der Waals surface area contributed by atoms with E-state index >= 15 is 0 Å². The van der Waals surface area contributed by atoms with Gasteiger partial charge in [-0.2, -0.15) is 0 Å². The second-order valence-electron chi connectivity index (χ2n) is 7.58. The molecule has 1 N–H and O–H groups in total. The molecule has 0 saturated heterocycles. The van der Waals surface area contributed by atoms with Gasteiger partial charge in [-0.1, -0.05) is 29.4 Å². The van der Waals surface area contributed by atoms with Gasteiger partial charge in [-0.25, -0.2) is 0 Å². The lowest BCUT2D eigenvalue weighted by Gasteiger charge is -2.34. The summed E-state index contributed by atoms with van der Waals surface area (Å²) in [5, 5.41) is 10.1. The highest BCUT2D eigenvalue weighted by atomic mass is 16.5. The lowest BCUT2D eigenvalue weighted by molar-refractivity contribution is -0.0865. The second kappa shape index (κ2) is 7.61. The summed E-state index contributed by atoms with van der Waals surface area (Å²) in [4.78, 5) is 0. The molecule has 22 heavy (non-hydrogen) atoms. The van der Waals surface area contributed by atoms with Gasteiger partial charge in [-0.15, -0.1) is 0 Å². The van der Waals surface area contributed by atoms with Crippen LogP contribution in [0.2, 0.25) is 0 Å². The molecule has 0 radical (unpaired) electrons. The smallest absolute Gasteiger partial charge is 0.0895 e. The lowest BCUT2D eigenvalue weighted by atomic mass is 9.85. The fraction of sp³-hybridized carbons (Fsp3) is 0.700. The van der Waals surface area contributed by atoms with Gasteiger partial charge in [-0.05, 0) is 77.7 Å². The molecule has 0 saturated carbocycles. The van der Waals surface area contributed by atoms with Crippen LogP contribution in [0, 0.1) is 5.92 Å². The van der Waals surface area contributed by atoms with E-state index in [0.717, 1.165) is 12.8 Å². The second-order valence-corrected chi connectivity index (χ2v) is 7.58. The molecule has 1 aliphatic heterocycles. The van der Waals surface area contributed by atoms with Crippen molar-refractivity contribution in [1.82, 2.24) is 0 Å². The Kier molecular flexibility index (Phi) is 6.05. The largest absolute Gasteiger partial charge is 0.388 e. The highest BCUT2D eigenvalue weighted by Gasteiger charge is 2.30. The Labute approximate surface area is 136 Å². The van der Waals surface area contributed by atoms with Crippen molar-refractivity contribution < 1.29 is 9.84 Å². The quantitative estimate of drug-likeness (QED) is 0.732. The Balaban J connectivity index is 2.06. The van der Waals surface area contributed by atoms with Crippen LogP contribution in [-0.2, 0) is 4.74 Å². The van der Waals surface area contributed by atoms with Gasteiger partial charge in [0.15, 0.2) is 0 Å². The number of aliphatic hydroxyl groups is 1. The van der Waals surface area contributed by atoms with Crippen LogP contribution in [0.15, 0.2) is 34.9 Å². The molecule has 124 valence electrons. The number of hydrogen-bond acceptors (Lipinski definition) is 2. The van der Waals surface area contributed by atoms with Crippen LogP contribution >= 0.6 is 0 Å². The van der Waals surface area contributed by atoms with Gasteiger partial charge in [-0.3, -0.25) is 0 Å². The summed E-state index contributed by atoms with van der Waals surface area (Å²) in [7, 11) is 0. The minimum Gasteiger partial charge on any atom is -0.388 e. The van der Waals surface area contributed by atoms with E-state index in [4.69, 9.17) is 4.74 Å². The molecule has 2 rings (SSSR count). The molecule has 1 aliphatic carbocycles. The van der Waals surface area contributed by atoms with E-state index in [1.165, 1.54) is 42.4 Å². The Bertz CT molecular complexity index is 463. The minimum absolute atomic E-state index is 0.0744. The summed E-state index contributed by atoms with van der Waals surface area (Å²) in [5.41, 5.74) is 3.70. The summed E-state index contributed by atoms with van der Waals surface area (Å²) >= 11 is 0. The molecule has 2 atom stereocenters. The predicted molar refractivity (Wildman–Crippen MR) is 92.8 cm³/mol. The Morgan fingerprint density at radius 1 is 1.05 bits per heavy atom. The average molecular weight is 304 g/mol. The molecular weight excluding hydrogens is 272 g/mol. The van der Waals surface area contributed by atoms with Gasteiger partial charge >= 0.3 is 0 Å². The Hall–Kier alpha value is -0.860. The molecule has 0 spiro atoms. The SMILES string of the molecule is C/C1=C\C[C@@H](C2=CC[C@H](C(C)(C)O)OC2)CC/C(C)=C/CC1. The zero-order valence-corrected chi connectivity index (χ0v) is 14.7. The van der Waals surface area contributed by atoms with Gasteiger partial charge in [0.05, 0.1) is 18.3 Å². The summed E-state index contributed by atoms with van der Waals surface area (Å²) in [6.45, 7) is 8.85. The molecule has 0 aromatic carbocycles. The fourth-order valence-corrected chi connectivity index (χ4v) is 3.31. The van der Waals surface area contributed by atoms with Gasteiger partial charge in [0.2, 0.25) is 0 Å². The maximum absolute atomic E-state index is 10.1. The first-order valence-corrected chi connectivity index (χ1v) is 8.70. The molecule has 2 aliphatic rings. The average Bonchev–Trinajstić information content (AvgIpc) is 2.46. The molecule has 1 heterocycles. The molecule has 0 aromatic rings. The highest BCUT2D eigenvalue weighted by Crippen LogP contribution is 2.31. The summed E-state index contributed by atoms with van der Waals surface area (Å²) < 4.78 is 5.94. The standard InChI is InChI=1S/C20H32O2/c1-15-6-5-7-16(2)9-11-17(10-8-15)18-12-13-19(22-14-18)20(3,4)21/h6,9,12,17,19,21H,5,7-8,10-11,13-14H2,1-4H3/b15-6+,16-9+/t17-,19+/m0/s1. The zero-order chi connectivity index (χ0) is 16.2. The van der Waals surface area contributed by atoms with E-state index < -0.39 is 5.60 Å². The first kappa shape index (κ1) is 17.5. The van der Waals surface area contributed by atoms with E-state index in [1.54, 1.807) is 0 Å². The van der Waals surface area contributed by atoms with Crippen molar-refractivity contribution >= 4 is 0 Å².